The first-order chi connectivity index (χ1) is 14.0. The average Bonchev–Trinajstić information content (AvgIpc) is 3.31. The van der Waals surface area contributed by atoms with Crippen molar-refractivity contribution in [2.75, 3.05) is 0 Å². The van der Waals surface area contributed by atoms with Crippen LogP contribution in [0.15, 0.2) is 76.9 Å². The second kappa shape index (κ2) is 7.27. The van der Waals surface area contributed by atoms with Crippen LogP contribution in [0.1, 0.15) is 22.9 Å². The van der Waals surface area contributed by atoms with Crippen LogP contribution in [-0.2, 0) is 16.1 Å². The molecule has 1 aliphatic rings. The number of amides is 1. The Bertz CT molecular complexity index is 1090. The molecule has 1 amide bonds. The zero-order valence-corrected chi connectivity index (χ0v) is 15.1. The van der Waals surface area contributed by atoms with Gasteiger partial charge in [-0.05, 0) is 54.1 Å². The number of aliphatic hydroxyl groups is 1. The minimum absolute atomic E-state index is 0.0172. The number of carbonyl (C=O) groups excluding carboxylic acids is 2. The maximum absolute atomic E-state index is 13.3. The summed E-state index contributed by atoms with van der Waals surface area (Å²) in [5.41, 5.74) is 0.627. The predicted octanol–water partition coefficient (Wildman–Crippen LogP) is 3.75. The van der Waals surface area contributed by atoms with Gasteiger partial charge in [0, 0.05) is 5.56 Å². The zero-order chi connectivity index (χ0) is 20.5. The first kappa shape index (κ1) is 18.5. The van der Waals surface area contributed by atoms with Gasteiger partial charge in [-0.2, -0.15) is 0 Å². The molecule has 1 aliphatic heterocycles. The molecule has 2 heterocycles. The lowest BCUT2D eigenvalue weighted by Crippen LogP contribution is -2.29. The monoisotopic (exact) mass is 393 g/mol. The van der Waals surface area contributed by atoms with E-state index in [9.17, 15) is 24.2 Å². The molecule has 4 rings (SSSR count). The van der Waals surface area contributed by atoms with Crippen molar-refractivity contribution in [3.05, 3.63) is 95.2 Å². The minimum atomic E-state index is -0.897. The van der Waals surface area contributed by atoms with Gasteiger partial charge >= 0.3 is 0 Å². The highest BCUT2D eigenvalue weighted by atomic mass is 19.1. The molecule has 0 spiro atoms. The summed E-state index contributed by atoms with van der Waals surface area (Å²) in [5.74, 6) is -2.04. The lowest BCUT2D eigenvalue weighted by atomic mass is 9.95. The standard InChI is InChI=1S/C22H16FNO5/c23-15-7-3-14(4-8-15)20(26)18-19(13-5-9-16(25)10-6-13)24(22(28)21(18)27)12-17-2-1-11-29-17/h1-11,19,25-26H,12H2. The molecule has 2 N–H and O–H groups in total. The average molecular weight is 393 g/mol. The lowest BCUT2D eigenvalue weighted by molar-refractivity contribution is -0.140. The Hall–Kier alpha value is -3.87. The van der Waals surface area contributed by atoms with E-state index in [0.29, 0.717) is 11.3 Å². The summed E-state index contributed by atoms with van der Waals surface area (Å²) in [6.45, 7) is 0.0172. The highest BCUT2D eigenvalue weighted by molar-refractivity contribution is 6.46. The van der Waals surface area contributed by atoms with Gasteiger partial charge in [-0.1, -0.05) is 12.1 Å². The molecule has 1 unspecified atom stereocenters. The van der Waals surface area contributed by atoms with Gasteiger partial charge in [0.2, 0.25) is 0 Å². The molecule has 1 fully saturated rings. The van der Waals surface area contributed by atoms with E-state index in [1.54, 1.807) is 24.3 Å². The Balaban J connectivity index is 1.86. The number of carbonyl (C=O) groups is 2. The number of nitrogens with zero attached hydrogens (tertiary/aromatic N) is 1. The highest BCUT2D eigenvalue weighted by Crippen LogP contribution is 2.40. The molecule has 1 aromatic heterocycles. The quantitative estimate of drug-likeness (QED) is 0.400. The maximum atomic E-state index is 13.3. The molecular formula is C22H16FNO5. The number of phenolic OH excluding ortho intramolecular Hbond substituents is 1. The molecule has 29 heavy (non-hydrogen) atoms. The van der Waals surface area contributed by atoms with Crippen molar-refractivity contribution in [3.8, 4) is 5.75 Å². The Morgan fingerprint density at radius 2 is 1.72 bits per heavy atom. The van der Waals surface area contributed by atoms with Gasteiger partial charge in [-0.15, -0.1) is 0 Å². The summed E-state index contributed by atoms with van der Waals surface area (Å²) in [6.07, 6.45) is 1.46. The van der Waals surface area contributed by atoms with Gasteiger partial charge in [0.25, 0.3) is 11.7 Å². The summed E-state index contributed by atoms with van der Waals surface area (Å²) < 4.78 is 18.6. The third-order valence-electron chi connectivity index (χ3n) is 4.77. The van der Waals surface area contributed by atoms with E-state index in [2.05, 4.69) is 0 Å². The molecular weight excluding hydrogens is 377 g/mol. The van der Waals surface area contributed by atoms with Gasteiger partial charge in [0.15, 0.2) is 0 Å². The number of rotatable bonds is 4. The number of ketones is 1. The lowest BCUT2D eigenvalue weighted by Gasteiger charge is -2.24. The van der Waals surface area contributed by atoms with E-state index in [1.165, 1.54) is 35.4 Å². The largest absolute Gasteiger partial charge is 0.508 e. The summed E-state index contributed by atoms with van der Waals surface area (Å²) in [6, 6.07) is 13.4. The van der Waals surface area contributed by atoms with Crippen molar-refractivity contribution in [1.29, 1.82) is 0 Å². The Morgan fingerprint density at radius 1 is 1.03 bits per heavy atom. The number of phenols is 1. The number of benzene rings is 2. The summed E-state index contributed by atoms with van der Waals surface area (Å²) in [5, 5.41) is 20.4. The van der Waals surface area contributed by atoms with Crippen LogP contribution in [0.5, 0.6) is 5.75 Å². The number of aliphatic hydroxyl groups excluding tert-OH is 1. The molecule has 1 saturated heterocycles. The number of halogens is 1. The Morgan fingerprint density at radius 3 is 2.34 bits per heavy atom. The first-order valence-electron chi connectivity index (χ1n) is 8.81. The van der Waals surface area contributed by atoms with E-state index < -0.39 is 29.3 Å². The second-order valence-corrected chi connectivity index (χ2v) is 6.60. The van der Waals surface area contributed by atoms with E-state index in [4.69, 9.17) is 4.42 Å². The van der Waals surface area contributed by atoms with Crippen molar-refractivity contribution in [3.63, 3.8) is 0 Å². The molecule has 3 aromatic rings. The van der Waals surface area contributed by atoms with Crippen LogP contribution < -0.4 is 0 Å². The van der Waals surface area contributed by atoms with Crippen molar-refractivity contribution in [2.45, 2.75) is 12.6 Å². The fourth-order valence-corrected chi connectivity index (χ4v) is 3.38. The van der Waals surface area contributed by atoms with E-state index >= 15 is 0 Å². The second-order valence-electron chi connectivity index (χ2n) is 6.60. The van der Waals surface area contributed by atoms with E-state index in [1.807, 2.05) is 0 Å². The number of hydrogen-bond acceptors (Lipinski definition) is 5. The molecule has 7 heteroatoms. The molecule has 6 nitrogen and oxygen atoms in total. The van der Waals surface area contributed by atoms with Crippen molar-refractivity contribution >= 4 is 17.4 Å². The van der Waals surface area contributed by atoms with Crippen LogP contribution in [0.25, 0.3) is 5.76 Å². The number of likely N-dealkylation sites (tertiary alicyclic amines) is 1. The molecule has 146 valence electrons. The van der Waals surface area contributed by atoms with E-state index in [0.717, 1.165) is 12.1 Å². The van der Waals surface area contributed by atoms with Crippen LogP contribution in [0.2, 0.25) is 0 Å². The van der Waals surface area contributed by atoms with Gasteiger partial charge in [-0.25, -0.2) is 4.39 Å². The molecule has 0 saturated carbocycles. The number of aromatic hydroxyl groups is 1. The van der Waals surface area contributed by atoms with Crippen LogP contribution in [0, 0.1) is 5.82 Å². The third-order valence-corrected chi connectivity index (χ3v) is 4.77. The van der Waals surface area contributed by atoms with E-state index in [-0.39, 0.29) is 23.4 Å². The fraction of sp³-hybridized carbons (Fsp3) is 0.0909. The smallest absolute Gasteiger partial charge is 0.296 e. The predicted molar refractivity (Wildman–Crippen MR) is 101 cm³/mol. The zero-order valence-electron chi connectivity index (χ0n) is 15.1. The fourth-order valence-electron chi connectivity index (χ4n) is 3.38. The van der Waals surface area contributed by atoms with Crippen molar-refractivity contribution in [2.24, 2.45) is 0 Å². The molecule has 0 radical (unpaired) electrons. The van der Waals surface area contributed by atoms with Crippen LogP contribution in [-0.4, -0.2) is 26.8 Å². The van der Waals surface area contributed by atoms with Gasteiger partial charge in [0.1, 0.15) is 23.1 Å². The molecule has 0 aliphatic carbocycles. The van der Waals surface area contributed by atoms with Crippen LogP contribution in [0.3, 0.4) is 0 Å². The van der Waals surface area contributed by atoms with Gasteiger partial charge in [-0.3, -0.25) is 9.59 Å². The molecule has 1 atom stereocenters. The van der Waals surface area contributed by atoms with Crippen LogP contribution in [0.4, 0.5) is 4.39 Å². The number of hydrogen-bond donors (Lipinski definition) is 2. The topological polar surface area (TPSA) is 91.0 Å². The molecule has 2 aromatic carbocycles. The summed E-state index contributed by atoms with van der Waals surface area (Å²) in [4.78, 5) is 26.9. The van der Waals surface area contributed by atoms with Crippen molar-refractivity contribution in [1.82, 2.24) is 4.90 Å². The van der Waals surface area contributed by atoms with Gasteiger partial charge < -0.3 is 19.5 Å². The minimum Gasteiger partial charge on any atom is -0.508 e. The third kappa shape index (κ3) is 3.38. The Kier molecular flexibility index (Phi) is 4.64. The summed E-state index contributed by atoms with van der Waals surface area (Å²) >= 11 is 0. The first-order valence-corrected chi connectivity index (χ1v) is 8.81. The maximum Gasteiger partial charge on any atom is 0.296 e. The Labute approximate surface area is 165 Å². The summed E-state index contributed by atoms with van der Waals surface area (Å²) in [7, 11) is 0. The number of Topliss-reactive ketones (excluding diaryl/α,β-unsaturated/α-hetero) is 1. The SMILES string of the molecule is O=C1C(=O)N(Cc2ccco2)C(c2ccc(O)cc2)C1=C(O)c1ccc(F)cc1. The highest BCUT2D eigenvalue weighted by Gasteiger charge is 2.46. The normalized spacial score (nSPS) is 18.4. The number of furan rings is 1. The van der Waals surface area contributed by atoms with Crippen LogP contribution >= 0.6 is 0 Å². The van der Waals surface area contributed by atoms with Crippen molar-refractivity contribution < 1.29 is 28.6 Å². The molecule has 0 bridgehead atoms. The van der Waals surface area contributed by atoms with Gasteiger partial charge in [0.05, 0.1) is 24.4 Å².